The summed E-state index contributed by atoms with van der Waals surface area (Å²) < 4.78 is 0. The van der Waals surface area contributed by atoms with Gasteiger partial charge in [0.2, 0.25) is 0 Å². The summed E-state index contributed by atoms with van der Waals surface area (Å²) in [7, 11) is 0. The molecule has 0 heterocycles. The second-order valence-electron chi connectivity index (χ2n) is 8.14. The van der Waals surface area contributed by atoms with Crippen LogP contribution in [-0.2, 0) is 5.41 Å². The van der Waals surface area contributed by atoms with Crippen LogP contribution in [0.4, 0.5) is 0 Å². The van der Waals surface area contributed by atoms with Crippen molar-refractivity contribution in [3.63, 3.8) is 0 Å². The van der Waals surface area contributed by atoms with Gasteiger partial charge in [0.05, 0.1) is 5.41 Å². The summed E-state index contributed by atoms with van der Waals surface area (Å²) in [6.45, 7) is 6.31. The predicted molar refractivity (Wildman–Crippen MR) is 137 cm³/mol. The highest BCUT2D eigenvalue weighted by atomic mass is 14.5. The maximum atomic E-state index is 4.25. The van der Waals surface area contributed by atoms with Gasteiger partial charge in [0, 0.05) is 0 Å². The largest absolute Gasteiger partial charge is 0.0987 e. The highest BCUT2D eigenvalue weighted by molar-refractivity contribution is 5.88. The molecule has 1 aliphatic carbocycles. The number of hydrogen-bond donors (Lipinski definition) is 0. The fourth-order valence-electron chi connectivity index (χ4n) is 5.11. The lowest BCUT2D eigenvalue weighted by molar-refractivity contribution is 0.768. The van der Waals surface area contributed by atoms with Crippen LogP contribution in [0.2, 0.25) is 0 Å². The van der Waals surface area contributed by atoms with E-state index < -0.39 is 5.41 Å². The molecule has 4 aromatic carbocycles. The summed E-state index contributed by atoms with van der Waals surface area (Å²) in [5, 5.41) is 0. The average molecular weight is 411 g/mol. The van der Waals surface area contributed by atoms with Gasteiger partial charge in [0.1, 0.15) is 0 Å². The Morgan fingerprint density at radius 2 is 1.34 bits per heavy atom. The van der Waals surface area contributed by atoms with Gasteiger partial charge in [0.15, 0.2) is 0 Å². The van der Waals surface area contributed by atoms with Crippen molar-refractivity contribution in [2.24, 2.45) is 0 Å². The number of rotatable bonds is 5. The van der Waals surface area contributed by atoms with Crippen LogP contribution in [-0.4, -0.2) is 0 Å². The molecule has 0 N–H and O–H groups in total. The van der Waals surface area contributed by atoms with E-state index in [1.54, 1.807) is 0 Å². The van der Waals surface area contributed by atoms with Crippen molar-refractivity contribution in [3.05, 3.63) is 156 Å². The van der Waals surface area contributed by atoms with E-state index in [9.17, 15) is 0 Å². The van der Waals surface area contributed by atoms with Crippen molar-refractivity contribution >= 4 is 0 Å². The summed E-state index contributed by atoms with van der Waals surface area (Å²) in [6.07, 6.45) is 8.42. The summed E-state index contributed by atoms with van der Waals surface area (Å²) >= 11 is 0. The normalized spacial score (nSPS) is 17.2. The number of benzene rings is 4. The highest BCUT2D eigenvalue weighted by Gasteiger charge is 2.46. The molecule has 0 nitrogen and oxygen atoms in total. The van der Waals surface area contributed by atoms with Gasteiger partial charge < -0.3 is 0 Å². The molecule has 0 aromatic heterocycles. The molecule has 0 saturated carbocycles. The number of allylic oxidation sites excluding steroid dienone is 5. The quantitative estimate of drug-likeness (QED) is 0.290. The van der Waals surface area contributed by atoms with Crippen molar-refractivity contribution < 1.29 is 0 Å². The maximum Gasteiger partial charge on any atom is 0.0713 e. The monoisotopic (exact) mass is 410 g/mol. The summed E-state index contributed by atoms with van der Waals surface area (Å²) in [5.74, 6) is 0. The Morgan fingerprint density at radius 1 is 0.688 bits per heavy atom. The predicted octanol–water partition coefficient (Wildman–Crippen LogP) is 8.36. The van der Waals surface area contributed by atoms with Gasteiger partial charge in [-0.25, -0.2) is 0 Å². The molecule has 0 fully saturated rings. The van der Waals surface area contributed by atoms with E-state index in [0.29, 0.717) is 0 Å². The molecule has 4 aromatic rings. The third-order valence-electron chi connectivity index (χ3n) is 6.48. The minimum atomic E-state index is -0.417. The van der Waals surface area contributed by atoms with Crippen LogP contribution < -0.4 is 0 Å². The van der Waals surface area contributed by atoms with E-state index in [1.165, 1.54) is 44.5 Å². The van der Waals surface area contributed by atoms with E-state index in [4.69, 9.17) is 0 Å². The van der Waals surface area contributed by atoms with Gasteiger partial charge in [-0.1, -0.05) is 128 Å². The molecule has 1 atom stereocenters. The molecule has 0 radical (unpaired) electrons. The lowest BCUT2D eigenvalue weighted by Crippen LogP contribution is -2.29. The Bertz CT molecular complexity index is 1320. The van der Waals surface area contributed by atoms with Gasteiger partial charge in [-0.15, -0.1) is 0 Å². The second kappa shape index (κ2) is 8.32. The Balaban J connectivity index is 1.91. The smallest absolute Gasteiger partial charge is 0.0713 e. The molecule has 0 spiro atoms. The number of hydrogen-bond acceptors (Lipinski definition) is 0. The second-order valence-corrected chi connectivity index (χ2v) is 8.14. The van der Waals surface area contributed by atoms with Gasteiger partial charge >= 0.3 is 0 Å². The molecule has 0 bridgehead atoms. The van der Waals surface area contributed by atoms with Crippen LogP contribution in [0.15, 0.2) is 140 Å². The fourth-order valence-corrected chi connectivity index (χ4v) is 5.11. The zero-order valence-corrected chi connectivity index (χ0v) is 18.3. The van der Waals surface area contributed by atoms with E-state index in [0.717, 1.165) is 0 Å². The molecule has 1 unspecified atom stereocenters. The lowest BCUT2D eigenvalue weighted by atomic mass is 9.66. The Hall–Kier alpha value is -3.90. The van der Waals surface area contributed by atoms with Crippen molar-refractivity contribution in [2.45, 2.75) is 12.3 Å². The Kier molecular flexibility index (Phi) is 5.21. The first-order valence-corrected chi connectivity index (χ1v) is 11.1. The molecule has 0 aliphatic heterocycles. The molecule has 0 amide bonds. The van der Waals surface area contributed by atoms with Crippen molar-refractivity contribution in [1.82, 2.24) is 0 Å². The van der Waals surface area contributed by atoms with Crippen LogP contribution in [0.25, 0.3) is 22.3 Å². The zero-order valence-electron chi connectivity index (χ0n) is 18.3. The van der Waals surface area contributed by atoms with Crippen LogP contribution in [0.5, 0.6) is 0 Å². The third kappa shape index (κ3) is 2.99. The Labute approximate surface area is 190 Å². The van der Waals surface area contributed by atoms with E-state index in [1.807, 2.05) is 6.08 Å². The van der Waals surface area contributed by atoms with E-state index in [2.05, 4.69) is 135 Å². The molecule has 0 heteroatoms. The van der Waals surface area contributed by atoms with Gasteiger partial charge in [0.25, 0.3) is 0 Å². The standard InChI is InChI=1S/C32H26/c1-3-5-16-26(4-2)32(27-17-10-7-11-18-27)30-20-13-12-19-28(30)29-22-21-25(23-31(29)32)24-14-8-6-9-15-24/h3-23H,2H2,1H3/b5-3-,26-16+. The van der Waals surface area contributed by atoms with E-state index >= 15 is 0 Å². The molecule has 32 heavy (non-hydrogen) atoms. The van der Waals surface area contributed by atoms with Gasteiger partial charge in [-0.3, -0.25) is 0 Å². The topological polar surface area (TPSA) is 0 Å². The van der Waals surface area contributed by atoms with Gasteiger partial charge in [-0.2, -0.15) is 0 Å². The van der Waals surface area contributed by atoms with Crippen molar-refractivity contribution in [1.29, 1.82) is 0 Å². The SMILES string of the molecule is C=C/C(=C\C=C/C)C1(c2ccccc2)c2ccccc2-c2ccc(-c3ccccc3)cc21. The maximum absolute atomic E-state index is 4.25. The highest BCUT2D eigenvalue weighted by Crippen LogP contribution is 2.57. The fraction of sp³-hybridized carbons (Fsp3) is 0.0625. The van der Waals surface area contributed by atoms with Crippen LogP contribution in [0, 0.1) is 0 Å². The summed E-state index contributed by atoms with van der Waals surface area (Å²) in [4.78, 5) is 0. The molecule has 154 valence electrons. The van der Waals surface area contributed by atoms with Crippen LogP contribution in [0.1, 0.15) is 23.6 Å². The summed E-state index contributed by atoms with van der Waals surface area (Å²) in [5.41, 5.74) is 9.67. The molecule has 1 aliphatic rings. The molecular weight excluding hydrogens is 384 g/mol. The van der Waals surface area contributed by atoms with Gasteiger partial charge in [-0.05, 0) is 57.5 Å². The minimum absolute atomic E-state index is 0.417. The van der Waals surface area contributed by atoms with Crippen molar-refractivity contribution in [3.8, 4) is 22.3 Å². The lowest BCUT2D eigenvalue weighted by Gasteiger charge is -2.34. The first-order chi connectivity index (χ1) is 15.8. The average Bonchev–Trinajstić information content (AvgIpc) is 3.16. The third-order valence-corrected chi connectivity index (χ3v) is 6.48. The summed E-state index contributed by atoms with van der Waals surface area (Å²) in [6, 6.07) is 37.2. The van der Waals surface area contributed by atoms with Crippen LogP contribution >= 0.6 is 0 Å². The zero-order chi connectivity index (χ0) is 22.0. The van der Waals surface area contributed by atoms with Crippen molar-refractivity contribution in [2.75, 3.05) is 0 Å². The minimum Gasteiger partial charge on any atom is -0.0987 e. The Morgan fingerprint density at radius 3 is 2.06 bits per heavy atom. The first kappa shape index (κ1) is 20.0. The molecule has 5 rings (SSSR count). The number of fused-ring (bicyclic) bond motifs is 3. The molecular formula is C32H26. The van der Waals surface area contributed by atoms with Crippen LogP contribution in [0.3, 0.4) is 0 Å². The first-order valence-electron chi connectivity index (χ1n) is 11.1. The van der Waals surface area contributed by atoms with E-state index in [-0.39, 0.29) is 0 Å². The molecule has 0 saturated heterocycles.